The first-order valence-corrected chi connectivity index (χ1v) is 11.5. The molecule has 1 aliphatic rings. The number of para-hydroxylation sites is 3. The van der Waals surface area contributed by atoms with Crippen molar-refractivity contribution in [2.45, 2.75) is 6.54 Å². The predicted molar refractivity (Wildman–Crippen MR) is 132 cm³/mol. The number of nitrogens with zero attached hydrogens (tertiary/aromatic N) is 4. The number of fused-ring (bicyclic) bond motifs is 1. The van der Waals surface area contributed by atoms with Gasteiger partial charge >= 0.3 is 6.03 Å². The zero-order chi connectivity index (χ0) is 21.9. The number of piperazine rings is 1. The number of anilines is 2. The van der Waals surface area contributed by atoms with E-state index in [1.807, 2.05) is 41.3 Å². The van der Waals surface area contributed by atoms with Gasteiger partial charge in [0, 0.05) is 30.7 Å². The van der Waals surface area contributed by atoms with Gasteiger partial charge in [0.05, 0.1) is 23.3 Å². The van der Waals surface area contributed by atoms with Crippen LogP contribution in [-0.2, 0) is 6.54 Å². The molecular weight excluding hydrogens is 466 g/mol. The average molecular weight is 490 g/mol. The molecule has 32 heavy (non-hydrogen) atoms. The third-order valence-electron chi connectivity index (χ3n) is 5.78. The van der Waals surface area contributed by atoms with Crippen molar-refractivity contribution in [3.8, 4) is 0 Å². The van der Waals surface area contributed by atoms with Gasteiger partial charge in [-0.1, -0.05) is 54.6 Å². The Morgan fingerprint density at radius 1 is 0.875 bits per heavy atom. The predicted octanol–water partition coefficient (Wildman–Crippen LogP) is 5.20. The molecule has 1 aliphatic heterocycles. The molecule has 0 atom stereocenters. The molecule has 162 valence electrons. The average Bonchev–Trinajstić information content (AvgIpc) is 3.20. The number of urea groups is 1. The van der Waals surface area contributed by atoms with Crippen LogP contribution in [-0.4, -0.2) is 46.7 Å². The number of rotatable bonds is 4. The number of carbonyl (C=O) groups excluding carboxylic acids is 1. The van der Waals surface area contributed by atoms with Crippen molar-refractivity contribution in [1.29, 1.82) is 0 Å². The van der Waals surface area contributed by atoms with E-state index >= 15 is 0 Å². The second kappa shape index (κ2) is 9.04. The summed E-state index contributed by atoms with van der Waals surface area (Å²) in [5, 5.41) is 3.00. The molecule has 3 aromatic carbocycles. The number of hydrogen-bond acceptors (Lipinski definition) is 3. The highest BCUT2D eigenvalue weighted by atomic mass is 79.9. The summed E-state index contributed by atoms with van der Waals surface area (Å²) in [4.78, 5) is 21.9. The van der Waals surface area contributed by atoms with Crippen LogP contribution in [0.5, 0.6) is 0 Å². The summed E-state index contributed by atoms with van der Waals surface area (Å²) in [5.41, 5.74) is 4.14. The Balaban J connectivity index is 1.33. The lowest BCUT2D eigenvalue weighted by Crippen LogP contribution is -2.50. The van der Waals surface area contributed by atoms with Crippen molar-refractivity contribution in [2.75, 3.05) is 36.4 Å². The minimum absolute atomic E-state index is 0.0747. The van der Waals surface area contributed by atoms with Crippen LogP contribution in [0.1, 0.15) is 5.56 Å². The Morgan fingerprint density at radius 2 is 1.56 bits per heavy atom. The molecular formula is C25H24BrN5O. The monoisotopic (exact) mass is 489 g/mol. The number of amides is 2. The highest BCUT2D eigenvalue weighted by molar-refractivity contribution is 9.10. The molecule has 0 spiro atoms. The maximum atomic E-state index is 12.8. The molecule has 0 bridgehead atoms. The fourth-order valence-corrected chi connectivity index (χ4v) is 4.48. The topological polar surface area (TPSA) is 53.4 Å². The Kier molecular flexibility index (Phi) is 5.81. The molecule has 1 N–H and O–H groups in total. The largest absolute Gasteiger partial charge is 0.339 e. The zero-order valence-electron chi connectivity index (χ0n) is 17.6. The van der Waals surface area contributed by atoms with Gasteiger partial charge in [0.25, 0.3) is 0 Å². The molecule has 2 heterocycles. The highest BCUT2D eigenvalue weighted by Crippen LogP contribution is 2.26. The maximum Gasteiger partial charge on any atom is 0.321 e. The van der Waals surface area contributed by atoms with E-state index in [0.29, 0.717) is 13.1 Å². The van der Waals surface area contributed by atoms with Gasteiger partial charge in [-0.15, -0.1) is 0 Å². The first kappa shape index (κ1) is 20.6. The number of halogens is 1. The maximum absolute atomic E-state index is 12.8. The summed E-state index contributed by atoms with van der Waals surface area (Å²) in [6.07, 6.45) is 0. The summed E-state index contributed by atoms with van der Waals surface area (Å²) >= 11 is 3.49. The standard InChI is InChI=1S/C25H24BrN5O/c26-20-10-4-5-11-21(20)28-25(32)30-16-14-29(15-17-30)24-27-22-12-6-7-13-23(22)31(24)18-19-8-2-1-3-9-19/h1-13H,14-18H2,(H,28,32). The molecule has 4 aromatic rings. The van der Waals surface area contributed by atoms with Crippen molar-refractivity contribution in [3.63, 3.8) is 0 Å². The molecule has 1 fully saturated rings. The van der Waals surface area contributed by atoms with Crippen LogP contribution in [0.15, 0.2) is 83.3 Å². The Hall–Kier alpha value is -3.32. The smallest absolute Gasteiger partial charge is 0.321 e. The van der Waals surface area contributed by atoms with E-state index in [1.165, 1.54) is 5.56 Å². The summed E-state index contributed by atoms with van der Waals surface area (Å²) in [6.45, 7) is 3.53. The van der Waals surface area contributed by atoms with E-state index in [9.17, 15) is 4.79 Å². The zero-order valence-corrected chi connectivity index (χ0v) is 19.2. The lowest BCUT2D eigenvalue weighted by Gasteiger charge is -2.35. The second-order valence-corrected chi connectivity index (χ2v) is 8.71. The van der Waals surface area contributed by atoms with Gasteiger partial charge in [-0.2, -0.15) is 0 Å². The van der Waals surface area contributed by atoms with Crippen LogP contribution < -0.4 is 10.2 Å². The van der Waals surface area contributed by atoms with E-state index in [0.717, 1.165) is 46.8 Å². The number of hydrogen-bond donors (Lipinski definition) is 1. The number of benzene rings is 3. The van der Waals surface area contributed by atoms with Gasteiger partial charge in [-0.3, -0.25) is 0 Å². The van der Waals surface area contributed by atoms with Gasteiger partial charge in [0.15, 0.2) is 0 Å². The third-order valence-corrected chi connectivity index (χ3v) is 6.47. The molecule has 7 heteroatoms. The molecule has 0 saturated carbocycles. The lowest BCUT2D eigenvalue weighted by atomic mass is 10.2. The molecule has 0 aliphatic carbocycles. The van der Waals surface area contributed by atoms with E-state index < -0.39 is 0 Å². The summed E-state index contributed by atoms with van der Waals surface area (Å²) in [5.74, 6) is 0.959. The normalized spacial score (nSPS) is 14.0. The van der Waals surface area contributed by atoms with Crippen molar-refractivity contribution in [1.82, 2.24) is 14.5 Å². The second-order valence-electron chi connectivity index (χ2n) is 7.86. The van der Waals surface area contributed by atoms with E-state index in [4.69, 9.17) is 4.98 Å². The Morgan fingerprint density at radius 3 is 2.34 bits per heavy atom. The molecule has 1 aromatic heterocycles. The van der Waals surface area contributed by atoms with Gasteiger partial charge in [-0.05, 0) is 45.8 Å². The number of nitrogens with one attached hydrogen (secondary N) is 1. The molecule has 1 saturated heterocycles. The Bertz CT molecular complexity index is 1230. The first-order valence-electron chi connectivity index (χ1n) is 10.7. The summed E-state index contributed by atoms with van der Waals surface area (Å²) in [6, 6.07) is 26.3. The van der Waals surface area contributed by atoms with Crippen LogP contribution >= 0.6 is 15.9 Å². The number of carbonyl (C=O) groups is 1. The van der Waals surface area contributed by atoms with E-state index in [2.05, 4.69) is 73.2 Å². The van der Waals surface area contributed by atoms with Crippen LogP contribution in [0.25, 0.3) is 11.0 Å². The highest BCUT2D eigenvalue weighted by Gasteiger charge is 2.25. The van der Waals surface area contributed by atoms with Crippen LogP contribution in [0.3, 0.4) is 0 Å². The Labute approximate surface area is 195 Å². The van der Waals surface area contributed by atoms with E-state index in [-0.39, 0.29) is 6.03 Å². The van der Waals surface area contributed by atoms with Crippen molar-refractivity contribution in [2.24, 2.45) is 0 Å². The number of imidazole rings is 1. The molecule has 5 rings (SSSR count). The molecule has 6 nitrogen and oxygen atoms in total. The molecule has 0 unspecified atom stereocenters. The van der Waals surface area contributed by atoms with Crippen molar-refractivity contribution < 1.29 is 4.79 Å². The first-order chi connectivity index (χ1) is 15.7. The number of aromatic nitrogens is 2. The van der Waals surface area contributed by atoms with Crippen molar-refractivity contribution in [3.05, 3.63) is 88.9 Å². The van der Waals surface area contributed by atoms with Crippen LogP contribution in [0, 0.1) is 0 Å². The van der Waals surface area contributed by atoms with Crippen LogP contribution in [0.2, 0.25) is 0 Å². The fraction of sp³-hybridized carbons (Fsp3) is 0.200. The summed E-state index contributed by atoms with van der Waals surface area (Å²) < 4.78 is 3.16. The minimum Gasteiger partial charge on any atom is -0.339 e. The molecule has 2 amide bonds. The fourth-order valence-electron chi connectivity index (χ4n) is 4.09. The SMILES string of the molecule is O=C(Nc1ccccc1Br)N1CCN(c2nc3ccccc3n2Cc2ccccc2)CC1. The molecule has 0 radical (unpaired) electrons. The van der Waals surface area contributed by atoms with Crippen molar-refractivity contribution >= 4 is 44.6 Å². The van der Waals surface area contributed by atoms with Gasteiger partial charge in [0.1, 0.15) is 0 Å². The lowest BCUT2D eigenvalue weighted by molar-refractivity contribution is 0.208. The quantitative estimate of drug-likeness (QED) is 0.428. The van der Waals surface area contributed by atoms with E-state index in [1.54, 1.807) is 0 Å². The van der Waals surface area contributed by atoms with Gasteiger partial charge < -0.3 is 19.7 Å². The van der Waals surface area contributed by atoms with Crippen LogP contribution in [0.4, 0.5) is 16.4 Å². The minimum atomic E-state index is -0.0747. The summed E-state index contributed by atoms with van der Waals surface area (Å²) in [7, 11) is 0. The van der Waals surface area contributed by atoms with Gasteiger partial charge in [-0.25, -0.2) is 9.78 Å². The van der Waals surface area contributed by atoms with Gasteiger partial charge in [0.2, 0.25) is 5.95 Å². The third kappa shape index (κ3) is 4.21.